The van der Waals surface area contributed by atoms with E-state index in [1.165, 1.54) is 18.9 Å². The first-order valence-electron chi connectivity index (χ1n) is 4.10. The van der Waals surface area contributed by atoms with Gasteiger partial charge in [0.1, 0.15) is 0 Å². The summed E-state index contributed by atoms with van der Waals surface area (Å²) in [6.45, 7) is 5.98. The van der Waals surface area contributed by atoms with Crippen molar-refractivity contribution in [3.63, 3.8) is 0 Å². The quantitative estimate of drug-likeness (QED) is 0.317. The Bertz CT molecular complexity index is 124. The number of ether oxygens (including phenoxy) is 1. The first-order valence-corrected chi connectivity index (χ1v) is 4.10. The van der Waals surface area contributed by atoms with Gasteiger partial charge in [0, 0.05) is 6.08 Å². The molecule has 0 spiro atoms. The molecule has 2 radical (unpaired) electrons. The molecule has 12 heavy (non-hydrogen) atoms. The Hall–Kier alpha value is 0.00870. The second-order valence-corrected chi connectivity index (χ2v) is 2.43. The summed E-state index contributed by atoms with van der Waals surface area (Å²) in [6.07, 6.45) is 5.72. The summed E-state index contributed by atoms with van der Waals surface area (Å²) in [4.78, 5) is 10.5. The molecule has 0 aromatic carbocycles. The standard InChI is InChI=1S/C9H16O2.Sn.2H/c1-3-5-6-7-8-11-9(10)4-2;;;/h4H,2-3,5-8H2,1H3;;;. The summed E-state index contributed by atoms with van der Waals surface area (Å²) in [5, 5.41) is 0. The molecule has 0 aliphatic heterocycles. The van der Waals surface area contributed by atoms with Crippen molar-refractivity contribution in [3.05, 3.63) is 12.7 Å². The molecule has 70 valence electrons. The summed E-state index contributed by atoms with van der Waals surface area (Å²) in [6, 6.07) is 0. The minimum absolute atomic E-state index is 0. The third-order valence-corrected chi connectivity index (χ3v) is 1.41. The van der Waals surface area contributed by atoms with E-state index in [-0.39, 0.29) is 29.9 Å². The van der Waals surface area contributed by atoms with Crippen molar-refractivity contribution in [2.24, 2.45) is 0 Å². The van der Waals surface area contributed by atoms with E-state index >= 15 is 0 Å². The van der Waals surface area contributed by atoms with Gasteiger partial charge in [-0.25, -0.2) is 4.79 Å². The fraction of sp³-hybridized carbons (Fsp3) is 0.667. The zero-order chi connectivity index (χ0) is 8.53. The SMILES string of the molecule is C=CC(=O)OCCCCCC.[SnH2]. The zero-order valence-corrected chi connectivity index (χ0v) is 11.9. The normalized spacial score (nSPS) is 8.42. The summed E-state index contributed by atoms with van der Waals surface area (Å²) in [7, 11) is 0. The number of unbranched alkanes of at least 4 members (excludes halogenated alkanes) is 3. The van der Waals surface area contributed by atoms with Crippen LogP contribution in [0.3, 0.4) is 0 Å². The van der Waals surface area contributed by atoms with E-state index in [0.717, 1.165) is 12.8 Å². The van der Waals surface area contributed by atoms with Crippen LogP contribution in [0.2, 0.25) is 0 Å². The van der Waals surface area contributed by atoms with Crippen LogP contribution in [0, 0.1) is 0 Å². The van der Waals surface area contributed by atoms with Gasteiger partial charge in [-0.05, 0) is 6.42 Å². The van der Waals surface area contributed by atoms with Gasteiger partial charge < -0.3 is 4.74 Å². The van der Waals surface area contributed by atoms with Crippen LogP contribution in [0.1, 0.15) is 32.6 Å². The Morgan fingerprint density at radius 3 is 2.58 bits per heavy atom. The molecule has 0 aromatic heterocycles. The maximum atomic E-state index is 10.5. The number of carbonyl (C=O) groups is 1. The average molecular weight is 277 g/mol. The van der Waals surface area contributed by atoms with Crippen LogP contribution in [0.15, 0.2) is 12.7 Å². The molecule has 0 saturated heterocycles. The molecule has 0 heterocycles. The van der Waals surface area contributed by atoms with Crippen molar-refractivity contribution in [2.75, 3.05) is 6.61 Å². The number of rotatable bonds is 6. The van der Waals surface area contributed by atoms with Crippen molar-refractivity contribution >= 4 is 29.9 Å². The minimum atomic E-state index is -0.318. The van der Waals surface area contributed by atoms with E-state index in [0.29, 0.717) is 6.61 Å². The van der Waals surface area contributed by atoms with Crippen LogP contribution in [0.4, 0.5) is 0 Å². The monoisotopic (exact) mass is 278 g/mol. The molecule has 0 fully saturated rings. The van der Waals surface area contributed by atoms with E-state index in [9.17, 15) is 4.79 Å². The summed E-state index contributed by atoms with van der Waals surface area (Å²) in [5.41, 5.74) is 0. The molecule has 0 bridgehead atoms. The molecule has 0 N–H and O–H groups in total. The van der Waals surface area contributed by atoms with Crippen molar-refractivity contribution < 1.29 is 9.53 Å². The second kappa shape index (κ2) is 11.0. The Balaban J connectivity index is 0. The van der Waals surface area contributed by atoms with Crippen LogP contribution in [0.25, 0.3) is 0 Å². The first-order chi connectivity index (χ1) is 5.31. The molecular formula is C9H18O2Sn. The third kappa shape index (κ3) is 10.0. The van der Waals surface area contributed by atoms with E-state index in [1.807, 2.05) is 0 Å². The predicted molar refractivity (Wildman–Crippen MR) is 53.8 cm³/mol. The summed E-state index contributed by atoms with van der Waals surface area (Å²) < 4.78 is 4.78. The summed E-state index contributed by atoms with van der Waals surface area (Å²) >= 11 is 0. The molecule has 0 aliphatic rings. The van der Waals surface area contributed by atoms with Gasteiger partial charge in [0.2, 0.25) is 0 Å². The van der Waals surface area contributed by atoms with Gasteiger partial charge in [-0.2, -0.15) is 0 Å². The maximum absolute atomic E-state index is 10.5. The Labute approximate surface area is 91.3 Å². The van der Waals surface area contributed by atoms with Gasteiger partial charge in [0.15, 0.2) is 0 Å². The predicted octanol–water partition coefficient (Wildman–Crippen LogP) is 1.38. The van der Waals surface area contributed by atoms with Crippen molar-refractivity contribution in [1.29, 1.82) is 0 Å². The molecule has 3 heteroatoms. The van der Waals surface area contributed by atoms with Gasteiger partial charge in [0.25, 0.3) is 0 Å². The van der Waals surface area contributed by atoms with Crippen LogP contribution < -0.4 is 0 Å². The average Bonchev–Trinajstić information content (AvgIpc) is 2.04. The Kier molecular flexibility index (Phi) is 13.3. The fourth-order valence-electron chi connectivity index (χ4n) is 0.761. The molecule has 0 atom stereocenters. The number of hydrogen-bond acceptors (Lipinski definition) is 2. The van der Waals surface area contributed by atoms with Crippen LogP contribution in [-0.2, 0) is 9.53 Å². The summed E-state index contributed by atoms with van der Waals surface area (Å²) in [5.74, 6) is -0.318. The Morgan fingerprint density at radius 1 is 1.42 bits per heavy atom. The molecule has 2 nitrogen and oxygen atoms in total. The van der Waals surface area contributed by atoms with Crippen LogP contribution >= 0.6 is 0 Å². The molecular weight excluding hydrogens is 259 g/mol. The van der Waals surface area contributed by atoms with E-state index < -0.39 is 0 Å². The van der Waals surface area contributed by atoms with Gasteiger partial charge in [0.05, 0.1) is 6.61 Å². The van der Waals surface area contributed by atoms with Crippen molar-refractivity contribution in [2.45, 2.75) is 32.6 Å². The third-order valence-electron chi connectivity index (χ3n) is 1.41. The molecule has 0 amide bonds. The zero-order valence-electron chi connectivity index (χ0n) is 7.84. The van der Waals surface area contributed by atoms with Crippen LogP contribution in [0.5, 0.6) is 0 Å². The first kappa shape index (κ1) is 14.5. The van der Waals surface area contributed by atoms with Crippen LogP contribution in [-0.4, -0.2) is 36.5 Å². The van der Waals surface area contributed by atoms with Gasteiger partial charge >= 0.3 is 29.9 Å². The molecule has 0 aromatic rings. The van der Waals surface area contributed by atoms with E-state index in [2.05, 4.69) is 13.5 Å². The van der Waals surface area contributed by atoms with Gasteiger partial charge in [-0.15, -0.1) is 0 Å². The fourth-order valence-corrected chi connectivity index (χ4v) is 0.761. The second-order valence-electron chi connectivity index (χ2n) is 2.43. The topological polar surface area (TPSA) is 26.3 Å². The molecule has 0 rings (SSSR count). The molecule has 0 saturated carbocycles. The molecule has 0 aliphatic carbocycles. The number of carbonyl (C=O) groups excluding carboxylic acids is 1. The Morgan fingerprint density at radius 2 is 2.08 bits per heavy atom. The van der Waals surface area contributed by atoms with Gasteiger partial charge in [-0.1, -0.05) is 32.8 Å². The van der Waals surface area contributed by atoms with Crippen molar-refractivity contribution in [1.82, 2.24) is 0 Å². The molecule has 0 unspecified atom stereocenters. The number of esters is 1. The van der Waals surface area contributed by atoms with E-state index in [4.69, 9.17) is 4.74 Å². The van der Waals surface area contributed by atoms with Crippen molar-refractivity contribution in [3.8, 4) is 0 Å². The van der Waals surface area contributed by atoms with E-state index in [1.54, 1.807) is 0 Å². The number of hydrogen-bond donors (Lipinski definition) is 0. The van der Waals surface area contributed by atoms with Gasteiger partial charge in [-0.3, -0.25) is 0 Å².